The minimum absolute atomic E-state index is 0.789. The van der Waals surface area contributed by atoms with E-state index < -0.39 is 0 Å². The second-order valence-corrected chi connectivity index (χ2v) is 7.31. The molecule has 0 N–H and O–H groups in total. The van der Waals surface area contributed by atoms with Gasteiger partial charge in [0.25, 0.3) is 0 Å². The van der Waals surface area contributed by atoms with Crippen LogP contribution in [0.5, 0.6) is 0 Å². The molecule has 2 aromatic rings. The Morgan fingerprint density at radius 3 is 1.52 bits per heavy atom. The third-order valence-electron chi connectivity index (χ3n) is 4.64. The van der Waals surface area contributed by atoms with E-state index in [4.69, 9.17) is 0 Å². The molecule has 0 aliphatic rings. The molecule has 0 saturated carbocycles. The van der Waals surface area contributed by atoms with E-state index in [-0.39, 0.29) is 0 Å². The van der Waals surface area contributed by atoms with Gasteiger partial charge in [0, 0.05) is 0 Å². The summed E-state index contributed by atoms with van der Waals surface area (Å²) >= 11 is 0. The van der Waals surface area contributed by atoms with Crippen molar-refractivity contribution < 1.29 is 9.59 Å². The molecule has 0 saturated heterocycles. The molecule has 0 spiro atoms. The summed E-state index contributed by atoms with van der Waals surface area (Å²) in [7, 11) is 0. The highest BCUT2D eigenvalue weighted by atomic mass is 16.1. The maximum Gasteiger partial charge on any atom is 0.146 e. The summed E-state index contributed by atoms with van der Waals surface area (Å²) < 4.78 is 0. The number of carbonyl (C=O) groups is 2. The van der Waals surface area contributed by atoms with Crippen molar-refractivity contribution in [1.29, 1.82) is 0 Å². The average Bonchev–Trinajstić information content (AvgIpc) is 2.74. The Morgan fingerprint density at radius 2 is 1.14 bits per heavy atom. The second-order valence-electron chi connectivity index (χ2n) is 7.31. The topological polar surface area (TPSA) is 34.1 Å². The summed E-state index contributed by atoms with van der Waals surface area (Å²) in [5, 5.41) is 0. The zero-order valence-corrected chi connectivity index (χ0v) is 18.3. The standard InChI is InChI=1S/C15H20O.C12H14O/c1-3-4-5-6-15(12-16)11-14-9-7-13(2)8-10-14;1-3-11(9-13)8-12-6-4-10(2)5-7-12/h7-12H,3-6H2,1-2H3;4-9H,3H2,1-2H3. The molecule has 0 fully saturated rings. The first-order valence-corrected chi connectivity index (χ1v) is 10.5. The first-order valence-electron chi connectivity index (χ1n) is 10.5. The number of hydrogen-bond acceptors (Lipinski definition) is 2. The second kappa shape index (κ2) is 14.3. The van der Waals surface area contributed by atoms with Crippen LogP contribution in [0.3, 0.4) is 0 Å². The molecule has 2 rings (SSSR count). The highest BCUT2D eigenvalue weighted by molar-refractivity contribution is 5.82. The van der Waals surface area contributed by atoms with Gasteiger partial charge < -0.3 is 0 Å². The van der Waals surface area contributed by atoms with E-state index in [0.29, 0.717) is 0 Å². The minimum atomic E-state index is 0.789. The number of benzene rings is 2. The number of unbranched alkanes of at least 4 members (excludes halogenated alkanes) is 2. The maximum absolute atomic E-state index is 10.9. The predicted octanol–water partition coefficient (Wildman–Crippen LogP) is 7.14. The average molecular weight is 391 g/mol. The number of aryl methyl sites for hydroxylation is 2. The van der Waals surface area contributed by atoms with E-state index in [2.05, 4.69) is 38.1 Å². The van der Waals surface area contributed by atoms with Gasteiger partial charge in [0.05, 0.1) is 0 Å². The zero-order chi connectivity index (χ0) is 21.5. The van der Waals surface area contributed by atoms with Crippen molar-refractivity contribution in [3.8, 4) is 0 Å². The molecule has 0 radical (unpaired) electrons. The van der Waals surface area contributed by atoms with E-state index in [1.165, 1.54) is 24.0 Å². The molecular formula is C27H34O2. The van der Waals surface area contributed by atoms with Crippen molar-refractivity contribution in [1.82, 2.24) is 0 Å². The number of carbonyl (C=O) groups excluding carboxylic acids is 2. The highest BCUT2D eigenvalue weighted by Crippen LogP contribution is 2.13. The summed E-state index contributed by atoms with van der Waals surface area (Å²) in [5.41, 5.74) is 6.43. The van der Waals surface area contributed by atoms with Crippen molar-refractivity contribution in [3.05, 3.63) is 81.9 Å². The third-order valence-corrected chi connectivity index (χ3v) is 4.64. The first kappa shape index (κ1) is 24.3. The molecule has 0 heterocycles. The quantitative estimate of drug-likeness (QED) is 0.259. The van der Waals surface area contributed by atoms with Gasteiger partial charge in [-0.15, -0.1) is 0 Å². The summed E-state index contributed by atoms with van der Waals surface area (Å²) in [6.45, 7) is 8.27. The van der Waals surface area contributed by atoms with Crippen LogP contribution in [-0.4, -0.2) is 12.6 Å². The predicted molar refractivity (Wildman–Crippen MR) is 125 cm³/mol. The van der Waals surface area contributed by atoms with Gasteiger partial charge in [-0.25, -0.2) is 0 Å². The van der Waals surface area contributed by atoms with Gasteiger partial charge in [-0.2, -0.15) is 0 Å². The van der Waals surface area contributed by atoms with E-state index in [1.807, 2.05) is 50.3 Å². The van der Waals surface area contributed by atoms with Crippen molar-refractivity contribution >= 4 is 24.7 Å². The van der Waals surface area contributed by atoms with E-state index in [1.54, 1.807) is 0 Å². The van der Waals surface area contributed by atoms with Crippen molar-refractivity contribution in [2.24, 2.45) is 0 Å². The number of allylic oxidation sites excluding steroid dienone is 2. The molecule has 2 heteroatoms. The lowest BCUT2D eigenvalue weighted by molar-refractivity contribution is -0.105. The summed E-state index contributed by atoms with van der Waals surface area (Å²) in [6.07, 6.45) is 11.0. The Morgan fingerprint density at radius 1 is 0.690 bits per heavy atom. The van der Waals surface area contributed by atoms with Gasteiger partial charge in [-0.05, 0) is 67.5 Å². The Balaban J connectivity index is 0.000000296. The van der Waals surface area contributed by atoms with Crippen molar-refractivity contribution in [2.45, 2.75) is 59.8 Å². The van der Waals surface area contributed by atoms with Gasteiger partial charge in [0.1, 0.15) is 12.6 Å². The zero-order valence-electron chi connectivity index (χ0n) is 18.3. The smallest absolute Gasteiger partial charge is 0.146 e. The number of hydrogen-bond donors (Lipinski definition) is 0. The van der Waals surface area contributed by atoms with Gasteiger partial charge in [0.2, 0.25) is 0 Å². The Labute approximate surface area is 176 Å². The lowest BCUT2D eigenvalue weighted by Crippen LogP contribution is -1.86. The van der Waals surface area contributed by atoms with Crippen LogP contribution in [0.25, 0.3) is 12.2 Å². The number of aldehydes is 2. The van der Waals surface area contributed by atoms with Crippen LogP contribution in [-0.2, 0) is 9.59 Å². The molecule has 0 bridgehead atoms. The normalized spacial score (nSPS) is 11.4. The van der Waals surface area contributed by atoms with Gasteiger partial charge >= 0.3 is 0 Å². The largest absolute Gasteiger partial charge is 0.298 e. The monoisotopic (exact) mass is 390 g/mol. The lowest BCUT2D eigenvalue weighted by atomic mass is 10.0. The SMILES string of the molecule is CCC(C=O)=Cc1ccc(C)cc1.CCCCCC(C=O)=Cc1ccc(C)cc1. The molecule has 0 unspecified atom stereocenters. The van der Waals surface area contributed by atoms with Crippen LogP contribution >= 0.6 is 0 Å². The first-order chi connectivity index (χ1) is 14.0. The fraction of sp³-hybridized carbons (Fsp3) is 0.333. The van der Waals surface area contributed by atoms with E-state index >= 15 is 0 Å². The Hall–Kier alpha value is -2.74. The summed E-state index contributed by atoms with van der Waals surface area (Å²) in [4.78, 5) is 21.4. The van der Waals surface area contributed by atoms with Crippen molar-refractivity contribution in [3.63, 3.8) is 0 Å². The van der Waals surface area contributed by atoms with Crippen LogP contribution in [0, 0.1) is 13.8 Å². The van der Waals surface area contributed by atoms with Crippen LogP contribution < -0.4 is 0 Å². The fourth-order valence-corrected chi connectivity index (χ4v) is 2.72. The van der Waals surface area contributed by atoms with E-state index in [9.17, 15) is 9.59 Å². The lowest BCUT2D eigenvalue weighted by Gasteiger charge is -2.00. The molecule has 154 valence electrons. The molecule has 0 amide bonds. The van der Waals surface area contributed by atoms with Crippen molar-refractivity contribution in [2.75, 3.05) is 0 Å². The minimum Gasteiger partial charge on any atom is -0.298 e. The van der Waals surface area contributed by atoms with Gasteiger partial charge in [-0.1, -0.05) is 86.3 Å². The third kappa shape index (κ3) is 10.4. The summed E-state index contributed by atoms with van der Waals surface area (Å²) in [6, 6.07) is 16.4. The number of rotatable bonds is 9. The van der Waals surface area contributed by atoms with Crippen LogP contribution in [0.4, 0.5) is 0 Å². The molecule has 2 aromatic carbocycles. The molecule has 0 atom stereocenters. The molecule has 0 aliphatic carbocycles. The summed E-state index contributed by atoms with van der Waals surface area (Å²) in [5.74, 6) is 0. The fourth-order valence-electron chi connectivity index (χ4n) is 2.72. The Bertz CT molecular complexity index is 793. The van der Waals surface area contributed by atoms with E-state index in [0.717, 1.165) is 54.1 Å². The van der Waals surface area contributed by atoms with Crippen LogP contribution in [0.1, 0.15) is 68.2 Å². The Kier molecular flexibility index (Phi) is 12.0. The van der Waals surface area contributed by atoms with Gasteiger partial charge in [-0.3, -0.25) is 9.59 Å². The molecule has 0 aliphatic heterocycles. The molecule has 2 nitrogen and oxygen atoms in total. The maximum atomic E-state index is 10.9. The van der Waals surface area contributed by atoms with Crippen LogP contribution in [0.2, 0.25) is 0 Å². The molecular weight excluding hydrogens is 356 g/mol. The molecule has 0 aromatic heterocycles. The molecule has 29 heavy (non-hydrogen) atoms. The van der Waals surface area contributed by atoms with Gasteiger partial charge in [0.15, 0.2) is 0 Å². The van der Waals surface area contributed by atoms with Crippen LogP contribution in [0.15, 0.2) is 59.7 Å². The highest BCUT2D eigenvalue weighted by Gasteiger charge is 1.96.